The van der Waals surface area contributed by atoms with Crippen molar-refractivity contribution in [1.29, 1.82) is 0 Å². The van der Waals surface area contributed by atoms with Gasteiger partial charge in [0.15, 0.2) is 0 Å². The molecule has 1 N–H and O–H groups in total. The van der Waals surface area contributed by atoms with E-state index in [-0.39, 0.29) is 11.6 Å². The van der Waals surface area contributed by atoms with Crippen molar-refractivity contribution in [2.24, 2.45) is 13.0 Å². The molecule has 0 radical (unpaired) electrons. The van der Waals surface area contributed by atoms with Crippen LogP contribution in [0.1, 0.15) is 31.5 Å². The van der Waals surface area contributed by atoms with Gasteiger partial charge in [0.2, 0.25) is 5.91 Å². The van der Waals surface area contributed by atoms with Gasteiger partial charge in [0, 0.05) is 32.4 Å². The number of nitrogens with zero attached hydrogens (tertiary/aromatic N) is 3. The quantitative estimate of drug-likeness (QED) is 0.875. The minimum absolute atomic E-state index is 0.119. The number of anilines is 1. The molecule has 3 rings (SSSR count). The third kappa shape index (κ3) is 4.89. The summed E-state index contributed by atoms with van der Waals surface area (Å²) in [4.78, 5) is 18.9. The van der Waals surface area contributed by atoms with E-state index in [0.717, 1.165) is 44.7 Å². The maximum absolute atomic E-state index is 13.6. The number of amides is 1. The number of piperidine rings is 1. The number of nitrogens with one attached hydrogen (secondary N) is 1. The van der Waals surface area contributed by atoms with Gasteiger partial charge in [-0.05, 0) is 43.9 Å². The third-order valence-corrected chi connectivity index (χ3v) is 4.82. The number of rotatable bonds is 6. The van der Waals surface area contributed by atoms with E-state index in [1.165, 1.54) is 6.07 Å². The number of para-hydroxylation sites is 1. The van der Waals surface area contributed by atoms with Crippen LogP contribution in [0.4, 0.5) is 10.1 Å². The Kier molecular flexibility index (Phi) is 5.81. The summed E-state index contributed by atoms with van der Waals surface area (Å²) in [6, 6.07) is 6.27. The van der Waals surface area contributed by atoms with Crippen LogP contribution in [0.25, 0.3) is 0 Å². The second-order valence-corrected chi connectivity index (χ2v) is 6.76. The maximum atomic E-state index is 13.6. The summed E-state index contributed by atoms with van der Waals surface area (Å²) >= 11 is 0. The molecular formula is C19H25FN4O. The minimum Gasteiger partial charge on any atom is -0.337 e. The van der Waals surface area contributed by atoms with Crippen LogP contribution in [0.2, 0.25) is 0 Å². The fourth-order valence-corrected chi connectivity index (χ4v) is 3.39. The van der Waals surface area contributed by atoms with Crippen molar-refractivity contribution in [2.45, 2.75) is 32.2 Å². The van der Waals surface area contributed by atoms with Crippen LogP contribution in [0.3, 0.4) is 0 Å². The van der Waals surface area contributed by atoms with Gasteiger partial charge in [-0.1, -0.05) is 12.1 Å². The van der Waals surface area contributed by atoms with E-state index >= 15 is 0 Å². The van der Waals surface area contributed by atoms with E-state index in [0.29, 0.717) is 12.3 Å². The maximum Gasteiger partial charge on any atom is 0.224 e. The molecule has 0 saturated carbocycles. The van der Waals surface area contributed by atoms with Gasteiger partial charge in [0.25, 0.3) is 0 Å². The van der Waals surface area contributed by atoms with Crippen molar-refractivity contribution in [3.63, 3.8) is 0 Å². The smallest absolute Gasteiger partial charge is 0.224 e. The SMILES string of the molecule is Cn1ccnc1CN1CCC[C@@H](CCC(=O)Nc2ccccc2F)C1. The van der Waals surface area contributed by atoms with Crippen molar-refractivity contribution in [1.82, 2.24) is 14.5 Å². The predicted molar refractivity (Wildman–Crippen MR) is 95.5 cm³/mol. The highest BCUT2D eigenvalue weighted by molar-refractivity contribution is 5.90. The van der Waals surface area contributed by atoms with Gasteiger partial charge >= 0.3 is 0 Å². The first kappa shape index (κ1) is 17.6. The summed E-state index contributed by atoms with van der Waals surface area (Å²) in [6.07, 6.45) is 7.33. The van der Waals surface area contributed by atoms with Gasteiger partial charge < -0.3 is 9.88 Å². The summed E-state index contributed by atoms with van der Waals surface area (Å²) < 4.78 is 15.6. The molecule has 134 valence electrons. The lowest BCUT2D eigenvalue weighted by atomic mass is 9.93. The van der Waals surface area contributed by atoms with Crippen LogP contribution in [0.5, 0.6) is 0 Å². The van der Waals surface area contributed by atoms with Crippen LogP contribution in [-0.2, 0) is 18.4 Å². The molecule has 0 aliphatic carbocycles. The highest BCUT2D eigenvalue weighted by atomic mass is 19.1. The molecule has 1 aliphatic rings. The zero-order valence-electron chi connectivity index (χ0n) is 14.6. The molecule has 1 amide bonds. The van der Waals surface area contributed by atoms with E-state index in [1.54, 1.807) is 18.2 Å². The number of halogens is 1. The van der Waals surface area contributed by atoms with Gasteiger partial charge in [-0.15, -0.1) is 0 Å². The highest BCUT2D eigenvalue weighted by Gasteiger charge is 2.21. The Balaban J connectivity index is 1.45. The number of likely N-dealkylation sites (tertiary alicyclic amines) is 1. The van der Waals surface area contributed by atoms with Gasteiger partial charge in [-0.2, -0.15) is 0 Å². The van der Waals surface area contributed by atoms with Gasteiger partial charge in [0.05, 0.1) is 12.2 Å². The summed E-state index contributed by atoms with van der Waals surface area (Å²) in [5, 5.41) is 2.66. The fourth-order valence-electron chi connectivity index (χ4n) is 3.39. The average Bonchev–Trinajstić information content (AvgIpc) is 3.00. The fraction of sp³-hybridized carbons (Fsp3) is 0.474. The Bertz CT molecular complexity index is 715. The predicted octanol–water partition coefficient (Wildman–Crippen LogP) is 3.19. The molecular weight excluding hydrogens is 319 g/mol. The minimum atomic E-state index is -0.394. The monoisotopic (exact) mass is 344 g/mol. The molecule has 1 aromatic heterocycles. The Morgan fingerprint density at radius 2 is 2.24 bits per heavy atom. The number of imidazole rings is 1. The van der Waals surface area contributed by atoms with E-state index in [2.05, 4.69) is 15.2 Å². The molecule has 1 aromatic carbocycles. The van der Waals surface area contributed by atoms with Gasteiger partial charge in [-0.3, -0.25) is 9.69 Å². The van der Waals surface area contributed by atoms with Crippen LogP contribution < -0.4 is 5.32 Å². The molecule has 1 fully saturated rings. The summed E-state index contributed by atoms with van der Waals surface area (Å²) in [5.74, 6) is 1.06. The van der Waals surface area contributed by atoms with Crippen LogP contribution in [-0.4, -0.2) is 33.4 Å². The number of carbonyl (C=O) groups is 1. The summed E-state index contributed by atoms with van der Waals surface area (Å²) in [6.45, 7) is 2.91. The van der Waals surface area contributed by atoms with E-state index in [9.17, 15) is 9.18 Å². The summed E-state index contributed by atoms with van der Waals surface area (Å²) in [7, 11) is 2.01. The molecule has 1 aliphatic heterocycles. The first-order valence-corrected chi connectivity index (χ1v) is 8.85. The molecule has 0 bridgehead atoms. The molecule has 2 heterocycles. The highest BCUT2D eigenvalue weighted by Crippen LogP contribution is 2.22. The van der Waals surface area contributed by atoms with Crippen LogP contribution >= 0.6 is 0 Å². The molecule has 5 nitrogen and oxygen atoms in total. The number of benzene rings is 1. The molecule has 2 aromatic rings. The van der Waals surface area contributed by atoms with Gasteiger partial charge in [0.1, 0.15) is 11.6 Å². The van der Waals surface area contributed by atoms with Crippen molar-refractivity contribution in [3.8, 4) is 0 Å². The topological polar surface area (TPSA) is 50.2 Å². The van der Waals surface area contributed by atoms with E-state index < -0.39 is 5.82 Å². The Morgan fingerprint density at radius 1 is 1.40 bits per heavy atom. The Morgan fingerprint density at radius 3 is 3.00 bits per heavy atom. The first-order valence-electron chi connectivity index (χ1n) is 8.85. The summed E-state index contributed by atoms with van der Waals surface area (Å²) in [5.41, 5.74) is 0.257. The standard InChI is InChI=1S/C19H25FN4O/c1-23-12-10-21-18(23)14-24-11-4-5-15(13-24)8-9-19(25)22-17-7-3-2-6-16(17)20/h2-3,6-7,10,12,15H,4-5,8-9,11,13-14H2,1H3,(H,22,25)/t15-/m0/s1. The number of hydrogen-bond acceptors (Lipinski definition) is 3. The molecule has 25 heavy (non-hydrogen) atoms. The van der Waals surface area contributed by atoms with Crippen molar-refractivity contribution in [3.05, 3.63) is 48.3 Å². The number of carbonyl (C=O) groups excluding carboxylic acids is 1. The molecule has 6 heteroatoms. The number of aryl methyl sites for hydroxylation is 1. The first-order chi connectivity index (χ1) is 12.1. The Hall–Kier alpha value is -2.21. The van der Waals surface area contributed by atoms with Crippen LogP contribution in [0, 0.1) is 11.7 Å². The molecule has 0 spiro atoms. The largest absolute Gasteiger partial charge is 0.337 e. The van der Waals surface area contributed by atoms with Crippen molar-refractivity contribution >= 4 is 11.6 Å². The normalized spacial score (nSPS) is 18.2. The zero-order valence-corrected chi connectivity index (χ0v) is 14.6. The second kappa shape index (κ2) is 8.25. The Labute approximate surface area is 147 Å². The van der Waals surface area contributed by atoms with Crippen molar-refractivity contribution in [2.75, 3.05) is 18.4 Å². The second-order valence-electron chi connectivity index (χ2n) is 6.76. The average molecular weight is 344 g/mol. The molecule has 1 atom stereocenters. The zero-order chi connectivity index (χ0) is 17.6. The van der Waals surface area contributed by atoms with E-state index in [1.807, 2.05) is 24.0 Å². The molecule has 0 unspecified atom stereocenters. The van der Waals surface area contributed by atoms with Crippen molar-refractivity contribution < 1.29 is 9.18 Å². The lowest BCUT2D eigenvalue weighted by molar-refractivity contribution is -0.116. The number of aromatic nitrogens is 2. The molecule has 1 saturated heterocycles. The number of hydrogen-bond donors (Lipinski definition) is 1. The lowest BCUT2D eigenvalue weighted by Gasteiger charge is -2.32. The lowest BCUT2D eigenvalue weighted by Crippen LogP contribution is -2.36. The van der Waals surface area contributed by atoms with Gasteiger partial charge in [-0.25, -0.2) is 9.37 Å². The van der Waals surface area contributed by atoms with E-state index in [4.69, 9.17) is 0 Å². The van der Waals surface area contributed by atoms with Crippen LogP contribution in [0.15, 0.2) is 36.7 Å². The third-order valence-electron chi connectivity index (χ3n) is 4.82.